The van der Waals surface area contributed by atoms with E-state index in [1.54, 1.807) is 42.5 Å². The van der Waals surface area contributed by atoms with Gasteiger partial charge in [0.25, 0.3) is 11.8 Å². The first-order chi connectivity index (χ1) is 20.4. The highest BCUT2D eigenvalue weighted by Crippen LogP contribution is 2.28. The number of rotatable bonds is 9. The monoisotopic (exact) mass is 571 g/mol. The van der Waals surface area contributed by atoms with E-state index in [-0.39, 0.29) is 30.5 Å². The van der Waals surface area contributed by atoms with Crippen LogP contribution in [0.4, 0.5) is 14.5 Å². The summed E-state index contributed by atoms with van der Waals surface area (Å²) in [6.45, 7) is 1.64. The number of methoxy groups -OCH3 is 2. The van der Waals surface area contributed by atoms with Crippen LogP contribution in [-0.2, 0) is 26.1 Å². The Morgan fingerprint density at radius 2 is 1.71 bits per heavy atom. The Labute approximate surface area is 243 Å². The number of nitrogens with one attached hydrogen (secondary N) is 2. The molecule has 0 aromatic heterocycles. The summed E-state index contributed by atoms with van der Waals surface area (Å²) < 4.78 is 38.8. The number of carbonyl (C=O) groups is 2. The van der Waals surface area contributed by atoms with E-state index < -0.39 is 11.6 Å². The number of halogens is 2. The average Bonchev–Trinajstić information content (AvgIpc) is 3.02. The van der Waals surface area contributed by atoms with Crippen LogP contribution in [0, 0.1) is 11.6 Å². The van der Waals surface area contributed by atoms with Gasteiger partial charge in [-0.15, -0.1) is 0 Å². The topological polar surface area (TPSA) is 79.9 Å². The number of amides is 2. The number of hydrogen-bond acceptors (Lipinski definition) is 5. The third-order valence-corrected chi connectivity index (χ3v) is 7.25. The predicted octanol–water partition coefficient (Wildman–Crippen LogP) is 5.40. The summed E-state index contributed by atoms with van der Waals surface area (Å²) in [6.07, 6.45) is 0.882. The second-order valence-corrected chi connectivity index (χ2v) is 9.96. The molecule has 5 rings (SSSR count). The number of hydrogen-bond donors (Lipinski definition) is 2. The molecule has 2 amide bonds. The Morgan fingerprint density at radius 1 is 0.881 bits per heavy atom. The molecule has 0 saturated carbocycles. The largest absolute Gasteiger partial charge is 0.493 e. The molecule has 1 heterocycles. The molecule has 9 heteroatoms. The zero-order valence-corrected chi connectivity index (χ0v) is 23.4. The van der Waals surface area contributed by atoms with Gasteiger partial charge < -0.3 is 25.0 Å². The zero-order chi connectivity index (χ0) is 29.6. The minimum atomic E-state index is -0.723. The second-order valence-electron chi connectivity index (χ2n) is 9.96. The van der Waals surface area contributed by atoms with Gasteiger partial charge in [0.2, 0.25) is 0 Å². The molecule has 0 spiro atoms. The predicted molar refractivity (Wildman–Crippen MR) is 156 cm³/mol. The molecule has 4 aromatic carbocycles. The molecule has 0 aliphatic carbocycles. The molecule has 0 atom stereocenters. The minimum Gasteiger partial charge on any atom is -0.493 e. The maximum Gasteiger partial charge on any atom is 0.258 e. The van der Waals surface area contributed by atoms with Gasteiger partial charge in [0, 0.05) is 41.5 Å². The van der Waals surface area contributed by atoms with E-state index in [1.165, 1.54) is 36.8 Å². The lowest BCUT2D eigenvalue weighted by atomic mass is 9.99. The first-order valence-corrected chi connectivity index (χ1v) is 13.5. The lowest BCUT2D eigenvalue weighted by Crippen LogP contribution is -2.32. The SMILES string of the molecule is COc1ccc(C(=O)NCc2cccc(C(=O)N(Cc3ccc(F)cc3F)c3ccc4c(c3)CNCC4)c2)cc1OC. The third kappa shape index (κ3) is 6.42. The van der Waals surface area contributed by atoms with E-state index in [4.69, 9.17) is 9.47 Å². The van der Waals surface area contributed by atoms with Crippen molar-refractivity contribution in [2.75, 3.05) is 25.7 Å². The number of benzene rings is 4. The van der Waals surface area contributed by atoms with Gasteiger partial charge in [-0.05, 0) is 78.2 Å². The van der Waals surface area contributed by atoms with Gasteiger partial charge in [0.15, 0.2) is 11.5 Å². The number of carbonyl (C=O) groups excluding carboxylic acids is 2. The molecule has 2 N–H and O–H groups in total. The van der Waals surface area contributed by atoms with Crippen molar-refractivity contribution in [2.45, 2.75) is 26.1 Å². The van der Waals surface area contributed by atoms with Crippen molar-refractivity contribution >= 4 is 17.5 Å². The maximum absolute atomic E-state index is 14.7. The lowest BCUT2D eigenvalue weighted by Gasteiger charge is -2.26. The van der Waals surface area contributed by atoms with Gasteiger partial charge in [-0.2, -0.15) is 0 Å². The third-order valence-electron chi connectivity index (χ3n) is 7.25. The average molecular weight is 572 g/mol. The molecule has 216 valence electrons. The van der Waals surface area contributed by atoms with Crippen LogP contribution in [0.3, 0.4) is 0 Å². The van der Waals surface area contributed by atoms with Gasteiger partial charge in [0.05, 0.1) is 20.8 Å². The first kappa shape index (κ1) is 28.8. The van der Waals surface area contributed by atoms with Crippen LogP contribution < -0.4 is 25.0 Å². The van der Waals surface area contributed by atoms with Crippen molar-refractivity contribution in [3.63, 3.8) is 0 Å². The summed E-state index contributed by atoms with van der Waals surface area (Å²) in [5, 5.41) is 6.20. The fourth-order valence-corrected chi connectivity index (χ4v) is 4.97. The molecule has 4 aromatic rings. The quantitative estimate of drug-likeness (QED) is 0.281. The molecule has 0 bridgehead atoms. The summed E-state index contributed by atoms with van der Waals surface area (Å²) in [5.74, 6) is -1.12. The van der Waals surface area contributed by atoms with Crippen LogP contribution in [0.25, 0.3) is 0 Å². The number of fused-ring (bicyclic) bond motifs is 1. The van der Waals surface area contributed by atoms with E-state index in [2.05, 4.69) is 10.6 Å². The normalized spacial score (nSPS) is 12.3. The van der Waals surface area contributed by atoms with Gasteiger partial charge in [0.1, 0.15) is 11.6 Å². The van der Waals surface area contributed by atoms with Crippen LogP contribution in [0.2, 0.25) is 0 Å². The van der Waals surface area contributed by atoms with Gasteiger partial charge in [-0.1, -0.05) is 24.3 Å². The standard InChI is InChI=1S/C33H31F2N3O4/c1-41-30-11-8-23(16-31(30)42-2)32(39)37-18-21-4-3-5-24(14-21)33(40)38(20-25-6-9-27(34)17-29(25)35)28-10-7-22-12-13-36-19-26(22)15-28/h3-11,14-17,36H,12-13,18-20H2,1-2H3,(H,37,39). The lowest BCUT2D eigenvalue weighted by molar-refractivity contribution is 0.0949. The van der Waals surface area contributed by atoms with E-state index >= 15 is 0 Å². The fourth-order valence-electron chi connectivity index (χ4n) is 4.97. The Bertz CT molecular complexity index is 1630. The number of anilines is 1. The summed E-state index contributed by atoms with van der Waals surface area (Å²) in [7, 11) is 3.02. The van der Waals surface area contributed by atoms with Crippen molar-refractivity contribution in [3.8, 4) is 11.5 Å². The Kier molecular flexibility index (Phi) is 8.78. The molecule has 0 saturated heterocycles. The van der Waals surface area contributed by atoms with Gasteiger partial charge in [-0.3, -0.25) is 9.59 Å². The molecular formula is C33H31F2N3O4. The Balaban J connectivity index is 1.38. The molecule has 0 fully saturated rings. The maximum atomic E-state index is 14.7. The van der Waals surface area contributed by atoms with Crippen LogP contribution in [0.1, 0.15) is 43.0 Å². The molecule has 1 aliphatic heterocycles. The smallest absolute Gasteiger partial charge is 0.258 e. The van der Waals surface area contributed by atoms with E-state index in [9.17, 15) is 18.4 Å². The zero-order valence-electron chi connectivity index (χ0n) is 23.4. The second kappa shape index (κ2) is 12.8. The van der Waals surface area contributed by atoms with E-state index in [0.29, 0.717) is 40.4 Å². The van der Waals surface area contributed by atoms with Crippen molar-refractivity contribution in [1.29, 1.82) is 0 Å². The molecular weight excluding hydrogens is 540 g/mol. The van der Waals surface area contributed by atoms with Crippen molar-refractivity contribution in [3.05, 3.63) is 124 Å². The minimum absolute atomic E-state index is 0.0859. The molecule has 0 unspecified atom stereocenters. The molecule has 0 radical (unpaired) electrons. The van der Waals surface area contributed by atoms with Gasteiger partial charge >= 0.3 is 0 Å². The molecule has 7 nitrogen and oxygen atoms in total. The van der Waals surface area contributed by atoms with Crippen molar-refractivity contribution in [1.82, 2.24) is 10.6 Å². The van der Waals surface area contributed by atoms with Crippen LogP contribution in [0.5, 0.6) is 11.5 Å². The van der Waals surface area contributed by atoms with Crippen molar-refractivity contribution < 1.29 is 27.8 Å². The first-order valence-electron chi connectivity index (χ1n) is 13.5. The number of nitrogens with zero attached hydrogens (tertiary/aromatic N) is 1. The van der Waals surface area contributed by atoms with E-state index in [0.717, 1.165) is 24.6 Å². The Morgan fingerprint density at radius 3 is 2.50 bits per heavy atom. The van der Waals surface area contributed by atoms with Crippen LogP contribution in [0.15, 0.2) is 78.9 Å². The summed E-state index contributed by atoms with van der Waals surface area (Å²) >= 11 is 0. The number of ether oxygens (including phenoxy) is 2. The highest BCUT2D eigenvalue weighted by Gasteiger charge is 2.22. The summed E-state index contributed by atoms with van der Waals surface area (Å²) in [6, 6.07) is 20.9. The van der Waals surface area contributed by atoms with Crippen LogP contribution in [-0.4, -0.2) is 32.6 Å². The summed E-state index contributed by atoms with van der Waals surface area (Å²) in [4.78, 5) is 28.3. The summed E-state index contributed by atoms with van der Waals surface area (Å²) in [5.41, 5.74) is 4.54. The molecule has 1 aliphatic rings. The van der Waals surface area contributed by atoms with Crippen LogP contribution >= 0.6 is 0 Å². The Hall–Kier alpha value is -4.76. The molecule has 42 heavy (non-hydrogen) atoms. The highest BCUT2D eigenvalue weighted by molar-refractivity contribution is 6.06. The van der Waals surface area contributed by atoms with Crippen molar-refractivity contribution in [2.24, 2.45) is 0 Å². The highest BCUT2D eigenvalue weighted by atomic mass is 19.1. The fraction of sp³-hybridized carbons (Fsp3) is 0.212. The van der Waals surface area contributed by atoms with E-state index in [1.807, 2.05) is 18.2 Å². The van der Waals surface area contributed by atoms with Gasteiger partial charge in [-0.25, -0.2) is 8.78 Å².